The molecule has 21 heavy (non-hydrogen) atoms. The summed E-state index contributed by atoms with van der Waals surface area (Å²) < 4.78 is 2.04. The topological polar surface area (TPSA) is 34.0 Å². The molecule has 1 aromatic carbocycles. The molecule has 1 saturated heterocycles. The third-order valence-electron chi connectivity index (χ3n) is 4.80. The molecule has 0 amide bonds. The first-order chi connectivity index (χ1) is 10.4. The molecule has 1 aliphatic rings. The lowest BCUT2D eigenvalue weighted by molar-refractivity contribution is 0.178. The van der Waals surface area contributed by atoms with Crippen LogP contribution in [0.5, 0.6) is 0 Å². The van der Waals surface area contributed by atoms with Crippen LogP contribution in [0.15, 0.2) is 24.3 Å². The first kappa shape index (κ1) is 14.5. The summed E-state index contributed by atoms with van der Waals surface area (Å²) in [5, 5.41) is 8.46. The maximum absolute atomic E-state index is 4.25. The fraction of sp³-hybridized carbons (Fsp3) is 0.647. The van der Waals surface area contributed by atoms with Gasteiger partial charge in [0.25, 0.3) is 0 Å². The van der Waals surface area contributed by atoms with Crippen LogP contribution in [0.3, 0.4) is 0 Å². The largest absolute Gasteiger partial charge is 0.303 e. The molecule has 2 heterocycles. The van der Waals surface area contributed by atoms with Crippen molar-refractivity contribution in [3.8, 4) is 0 Å². The van der Waals surface area contributed by atoms with Crippen molar-refractivity contribution in [2.45, 2.75) is 45.6 Å². The Balaban J connectivity index is 1.41. The van der Waals surface area contributed by atoms with Gasteiger partial charge in [-0.3, -0.25) is 0 Å². The molecule has 1 fully saturated rings. The Bertz CT molecular complexity index is 555. The standard InChI is InChI=1S/C17H26N4/c1-2-15-9-13-20(14-10-15)11-5-6-12-21-17-8-4-3-7-16(17)18-19-21/h3-4,7-8,15H,2,5-6,9-14H2,1H3. The molecular formula is C17H26N4. The van der Waals surface area contributed by atoms with E-state index in [1.54, 1.807) is 0 Å². The van der Waals surface area contributed by atoms with Gasteiger partial charge in [0, 0.05) is 6.54 Å². The van der Waals surface area contributed by atoms with Crippen molar-refractivity contribution in [1.82, 2.24) is 19.9 Å². The molecule has 4 nitrogen and oxygen atoms in total. The molecule has 1 aliphatic heterocycles. The van der Waals surface area contributed by atoms with Gasteiger partial charge in [0.1, 0.15) is 5.52 Å². The first-order valence-electron chi connectivity index (χ1n) is 8.37. The number of piperidine rings is 1. The Hall–Kier alpha value is -1.42. The summed E-state index contributed by atoms with van der Waals surface area (Å²) in [6, 6.07) is 8.20. The van der Waals surface area contributed by atoms with Crippen molar-refractivity contribution in [2.24, 2.45) is 5.92 Å². The third kappa shape index (κ3) is 3.62. The van der Waals surface area contributed by atoms with Gasteiger partial charge < -0.3 is 4.90 Å². The number of likely N-dealkylation sites (tertiary alicyclic amines) is 1. The molecule has 0 unspecified atom stereocenters. The van der Waals surface area contributed by atoms with E-state index in [0.717, 1.165) is 23.5 Å². The number of aryl methyl sites for hydroxylation is 1. The molecule has 1 aromatic heterocycles. The monoisotopic (exact) mass is 286 g/mol. The summed E-state index contributed by atoms with van der Waals surface area (Å²) in [5.41, 5.74) is 2.15. The number of fused-ring (bicyclic) bond motifs is 1. The van der Waals surface area contributed by atoms with Crippen LogP contribution in [0.2, 0.25) is 0 Å². The minimum Gasteiger partial charge on any atom is -0.303 e. The fourth-order valence-electron chi connectivity index (χ4n) is 3.30. The van der Waals surface area contributed by atoms with Crippen molar-refractivity contribution in [1.29, 1.82) is 0 Å². The summed E-state index contributed by atoms with van der Waals surface area (Å²) >= 11 is 0. The molecule has 0 aliphatic carbocycles. The minimum atomic E-state index is 0.975. The highest BCUT2D eigenvalue weighted by molar-refractivity contribution is 5.73. The van der Waals surface area contributed by atoms with Crippen molar-refractivity contribution in [2.75, 3.05) is 19.6 Å². The van der Waals surface area contributed by atoms with E-state index in [0.29, 0.717) is 0 Å². The van der Waals surface area contributed by atoms with E-state index in [1.807, 2.05) is 16.8 Å². The number of rotatable bonds is 6. The summed E-state index contributed by atoms with van der Waals surface area (Å²) in [7, 11) is 0. The molecule has 3 rings (SSSR count). The van der Waals surface area contributed by atoms with E-state index in [4.69, 9.17) is 0 Å². The van der Waals surface area contributed by atoms with Crippen LogP contribution < -0.4 is 0 Å². The Labute approximate surface area is 127 Å². The smallest absolute Gasteiger partial charge is 0.113 e. The zero-order valence-corrected chi connectivity index (χ0v) is 13.0. The van der Waals surface area contributed by atoms with E-state index in [9.17, 15) is 0 Å². The Morgan fingerprint density at radius 3 is 2.67 bits per heavy atom. The number of hydrogen-bond donors (Lipinski definition) is 0. The maximum Gasteiger partial charge on any atom is 0.113 e. The van der Waals surface area contributed by atoms with Gasteiger partial charge in [0.15, 0.2) is 0 Å². The van der Waals surface area contributed by atoms with Crippen LogP contribution in [-0.2, 0) is 6.54 Å². The number of hydrogen-bond acceptors (Lipinski definition) is 3. The van der Waals surface area contributed by atoms with Crippen LogP contribution in [0.25, 0.3) is 11.0 Å². The van der Waals surface area contributed by atoms with Crippen molar-refractivity contribution in [3.63, 3.8) is 0 Å². The van der Waals surface area contributed by atoms with Gasteiger partial charge in [-0.05, 0) is 63.4 Å². The van der Waals surface area contributed by atoms with Crippen LogP contribution in [-0.4, -0.2) is 39.5 Å². The van der Waals surface area contributed by atoms with Crippen LogP contribution in [0.4, 0.5) is 0 Å². The van der Waals surface area contributed by atoms with Crippen molar-refractivity contribution < 1.29 is 0 Å². The zero-order valence-electron chi connectivity index (χ0n) is 13.0. The molecule has 0 bridgehead atoms. The normalized spacial score (nSPS) is 17.6. The number of benzene rings is 1. The fourth-order valence-corrected chi connectivity index (χ4v) is 3.30. The summed E-state index contributed by atoms with van der Waals surface area (Å²) in [6.45, 7) is 7.13. The molecule has 0 saturated carbocycles. The average Bonchev–Trinajstić information content (AvgIpc) is 2.95. The first-order valence-corrected chi connectivity index (χ1v) is 8.37. The average molecular weight is 286 g/mol. The Morgan fingerprint density at radius 2 is 1.86 bits per heavy atom. The number of para-hydroxylation sites is 1. The van der Waals surface area contributed by atoms with Gasteiger partial charge in [-0.25, -0.2) is 4.68 Å². The molecule has 114 valence electrons. The third-order valence-corrected chi connectivity index (χ3v) is 4.80. The Kier molecular flexibility index (Phi) is 4.86. The molecular weight excluding hydrogens is 260 g/mol. The molecule has 0 N–H and O–H groups in total. The van der Waals surface area contributed by atoms with Gasteiger partial charge in [0.2, 0.25) is 0 Å². The molecule has 0 spiro atoms. The predicted molar refractivity (Wildman–Crippen MR) is 86.2 cm³/mol. The molecule has 2 aromatic rings. The van der Waals surface area contributed by atoms with E-state index in [1.165, 1.54) is 51.7 Å². The highest BCUT2D eigenvalue weighted by Gasteiger charge is 2.16. The lowest BCUT2D eigenvalue weighted by Gasteiger charge is -2.31. The van der Waals surface area contributed by atoms with E-state index < -0.39 is 0 Å². The number of aromatic nitrogens is 3. The highest BCUT2D eigenvalue weighted by atomic mass is 15.4. The number of unbranched alkanes of at least 4 members (excludes halogenated alkanes) is 1. The summed E-state index contributed by atoms with van der Waals surface area (Å²) in [5.74, 6) is 0.975. The van der Waals surface area contributed by atoms with Crippen molar-refractivity contribution in [3.05, 3.63) is 24.3 Å². The van der Waals surface area contributed by atoms with Crippen LogP contribution >= 0.6 is 0 Å². The maximum atomic E-state index is 4.25. The predicted octanol–water partition coefficient (Wildman–Crippen LogP) is 3.33. The zero-order chi connectivity index (χ0) is 14.5. The lowest BCUT2D eigenvalue weighted by atomic mass is 9.94. The quantitative estimate of drug-likeness (QED) is 0.764. The second-order valence-electron chi connectivity index (χ2n) is 6.20. The lowest BCUT2D eigenvalue weighted by Crippen LogP contribution is -2.34. The second-order valence-corrected chi connectivity index (χ2v) is 6.20. The van der Waals surface area contributed by atoms with Gasteiger partial charge in [-0.15, -0.1) is 5.10 Å². The molecule has 0 radical (unpaired) electrons. The summed E-state index contributed by atoms with van der Waals surface area (Å²) in [4.78, 5) is 2.63. The molecule has 0 atom stereocenters. The minimum absolute atomic E-state index is 0.975. The van der Waals surface area contributed by atoms with E-state index >= 15 is 0 Å². The summed E-state index contributed by atoms with van der Waals surface area (Å²) in [6.07, 6.45) is 6.58. The van der Waals surface area contributed by atoms with E-state index in [2.05, 4.69) is 34.3 Å². The van der Waals surface area contributed by atoms with Gasteiger partial charge in [0.05, 0.1) is 5.52 Å². The van der Waals surface area contributed by atoms with Crippen LogP contribution in [0, 0.1) is 5.92 Å². The highest BCUT2D eigenvalue weighted by Crippen LogP contribution is 2.20. The number of nitrogens with zero attached hydrogens (tertiary/aromatic N) is 4. The second kappa shape index (κ2) is 7.03. The SMILES string of the molecule is CCC1CCN(CCCCn2nnc3ccccc32)CC1. The molecule has 4 heteroatoms. The Morgan fingerprint density at radius 1 is 1.10 bits per heavy atom. The van der Waals surface area contributed by atoms with Gasteiger partial charge in [-0.2, -0.15) is 0 Å². The van der Waals surface area contributed by atoms with Crippen LogP contribution in [0.1, 0.15) is 39.0 Å². The van der Waals surface area contributed by atoms with Gasteiger partial charge >= 0.3 is 0 Å². The van der Waals surface area contributed by atoms with E-state index in [-0.39, 0.29) is 0 Å². The van der Waals surface area contributed by atoms with Gasteiger partial charge in [-0.1, -0.05) is 30.7 Å². The van der Waals surface area contributed by atoms with Crippen molar-refractivity contribution >= 4 is 11.0 Å².